The third-order valence-electron chi connectivity index (χ3n) is 4.33. The van der Waals surface area contributed by atoms with E-state index < -0.39 is 29.1 Å². The van der Waals surface area contributed by atoms with Crippen LogP contribution in [0.5, 0.6) is 0 Å². The Labute approximate surface area is 155 Å². The second kappa shape index (κ2) is 6.26. The van der Waals surface area contributed by atoms with Crippen LogP contribution >= 0.6 is 0 Å². The summed E-state index contributed by atoms with van der Waals surface area (Å²) in [6, 6.07) is 11.9. The lowest BCUT2D eigenvalue weighted by atomic mass is 10.1. The van der Waals surface area contributed by atoms with Gasteiger partial charge in [0.2, 0.25) is 0 Å². The fourth-order valence-corrected chi connectivity index (χ4v) is 2.95. The zero-order valence-corrected chi connectivity index (χ0v) is 14.0. The van der Waals surface area contributed by atoms with E-state index in [1.54, 1.807) is 24.3 Å². The maximum atomic E-state index is 14.0. The Morgan fingerprint density at radius 2 is 1.64 bits per heavy atom. The number of halogens is 4. The number of furan rings is 1. The number of carboxylic acid groups (broad SMARTS) is 1. The SMILES string of the molecule is O=C(O)c1ccc(-c2ccc(-c3cc4c(F)ccc(C(F)(F)F)c4o3)[nH]2)cc1. The van der Waals surface area contributed by atoms with E-state index in [0.29, 0.717) is 23.0 Å². The van der Waals surface area contributed by atoms with Gasteiger partial charge in [-0.05, 0) is 48.0 Å². The number of alkyl halides is 3. The summed E-state index contributed by atoms with van der Waals surface area (Å²) in [7, 11) is 0. The Hall–Kier alpha value is -3.55. The van der Waals surface area contributed by atoms with Crippen molar-refractivity contribution < 1.29 is 31.9 Å². The first-order chi connectivity index (χ1) is 13.2. The number of H-pyrrole nitrogens is 1. The van der Waals surface area contributed by atoms with Crippen LogP contribution in [0.3, 0.4) is 0 Å². The maximum Gasteiger partial charge on any atom is 0.420 e. The van der Waals surface area contributed by atoms with Gasteiger partial charge < -0.3 is 14.5 Å². The fraction of sp³-hybridized carbons (Fsp3) is 0.0500. The van der Waals surface area contributed by atoms with Gasteiger partial charge in [-0.1, -0.05) is 12.1 Å². The summed E-state index contributed by atoms with van der Waals surface area (Å²) in [5, 5.41) is 8.68. The second-order valence-electron chi connectivity index (χ2n) is 6.11. The predicted molar refractivity (Wildman–Crippen MR) is 93.4 cm³/mol. The molecule has 0 amide bonds. The number of aromatic nitrogens is 1. The van der Waals surface area contributed by atoms with Crippen LogP contribution in [0.15, 0.2) is 59.0 Å². The van der Waals surface area contributed by atoms with Crippen LogP contribution in [0.2, 0.25) is 0 Å². The second-order valence-corrected chi connectivity index (χ2v) is 6.11. The van der Waals surface area contributed by atoms with Crippen molar-refractivity contribution in [2.75, 3.05) is 0 Å². The van der Waals surface area contributed by atoms with Crippen molar-refractivity contribution in [1.29, 1.82) is 0 Å². The lowest BCUT2D eigenvalue weighted by molar-refractivity contribution is -0.136. The van der Waals surface area contributed by atoms with Gasteiger partial charge in [-0.2, -0.15) is 13.2 Å². The van der Waals surface area contributed by atoms with Crippen molar-refractivity contribution in [2.24, 2.45) is 0 Å². The van der Waals surface area contributed by atoms with Crippen LogP contribution in [0.4, 0.5) is 17.6 Å². The molecule has 0 radical (unpaired) electrons. The zero-order chi connectivity index (χ0) is 20.1. The molecule has 0 fully saturated rings. The van der Waals surface area contributed by atoms with Gasteiger partial charge in [0.25, 0.3) is 0 Å². The van der Waals surface area contributed by atoms with Gasteiger partial charge in [0, 0.05) is 5.69 Å². The third kappa shape index (κ3) is 3.02. The molecule has 0 spiro atoms. The van der Waals surface area contributed by atoms with E-state index in [0.717, 1.165) is 6.07 Å². The molecule has 2 N–H and O–H groups in total. The highest BCUT2D eigenvalue weighted by molar-refractivity contribution is 5.88. The minimum Gasteiger partial charge on any atom is -0.478 e. The molecule has 2 aromatic carbocycles. The molecule has 0 saturated carbocycles. The molecule has 8 heteroatoms. The van der Waals surface area contributed by atoms with Crippen LogP contribution in [0.25, 0.3) is 33.7 Å². The monoisotopic (exact) mass is 389 g/mol. The summed E-state index contributed by atoms with van der Waals surface area (Å²) in [6.07, 6.45) is -4.67. The largest absolute Gasteiger partial charge is 0.478 e. The number of benzene rings is 2. The summed E-state index contributed by atoms with van der Waals surface area (Å²) in [6.45, 7) is 0. The van der Waals surface area contributed by atoms with E-state index in [-0.39, 0.29) is 16.7 Å². The lowest BCUT2D eigenvalue weighted by Crippen LogP contribution is -2.05. The molecule has 0 unspecified atom stereocenters. The highest BCUT2D eigenvalue weighted by atomic mass is 19.4. The van der Waals surface area contributed by atoms with E-state index in [1.807, 2.05) is 0 Å². The standard InChI is InChI=1S/C20H11F4NO3/c21-14-6-5-13(20(22,23)24)18-12(14)9-17(28-18)16-8-7-15(25-16)10-1-3-11(4-2-10)19(26)27/h1-9,25H,(H,26,27). The number of carboxylic acids is 1. The van der Waals surface area contributed by atoms with Gasteiger partial charge in [0.1, 0.15) is 11.4 Å². The topological polar surface area (TPSA) is 66.2 Å². The highest BCUT2D eigenvalue weighted by Gasteiger charge is 2.35. The molecule has 0 atom stereocenters. The van der Waals surface area contributed by atoms with Crippen LogP contribution in [0.1, 0.15) is 15.9 Å². The van der Waals surface area contributed by atoms with Crippen molar-refractivity contribution >= 4 is 16.9 Å². The molecule has 0 bridgehead atoms. The molecule has 2 aromatic heterocycles. The van der Waals surface area contributed by atoms with Crippen molar-refractivity contribution in [3.63, 3.8) is 0 Å². The summed E-state index contributed by atoms with van der Waals surface area (Å²) in [5.41, 5.74) is 0.151. The number of fused-ring (bicyclic) bond motifs is 1. The number of hydrogen-bond donors (Lipinski definition) is 2. The van der Waals surface area contributed by atoms with Gasteiger partial charge in [0.05, 0.1) is 22.2 Å². The lowest BCUT2D eigenvalue weighted by Gasteiger charge is -2.06. The first-order valence-corrected chi connectivity index (χ1v) is 8.06. The molecule has 0 aliphatic rings. The molecular formula is C20H11F4NO3. The zero-order valence-electron chi connectivity index (χ0n) is 14.0. The Morgan fingerprint density at radius 1 is 0.964 bits per heavy atom. The van der Waals surface area contributed by atoms with Gasteiger partial charge in [-0.25, -0.2) is 9.18 Å². The molecule has 0 aliphatic carbocycles. The van der Waals surface area contributed by atoms with Crippen molar-refractivity contribution in [3.05, 3.63) is 71.5 Å². The Balaban J connectivity index is 1.75. The van der Waals surface area contributed by atoms with Gasteiger partial charge in [-0.15, -0.1) is 0 Å². The number of carbonyl (C=O) groups is 1. The van der Waals surface area contributed by atoms with Crippen LogP contribution < -0.4 is 0 Å². The van der Waals surface area contributed by atoms with Crippen molar-refractivity contribution in [2.45, 2.75) is 6.18 Å². The van der Waals surface area contributed by atoms with E-state index >= 15 is 0 Å². The smallest absolute Gasteiger partial charge is 0.420 e. The quantitative estimate of drug-likeness (QED) is 0.426. The number of hydrogen-bond acceptors (Lipinski definition) is 2. The van der Waals surface area contributed by atoms with E-state index in [1.165, 1.54) is 18.2 Å². The molecule has 142 valence electrons. The van der Waals surface area contributed by atoms with Gasteiger partial charge in [-0.3, -0.25) is 0 Å². The van der Waals surface area contributed by atoms with E-state index in [2.05, 4.69) is 4.98 Å². The van der Waals surface area contributed by atoms with Crippen molar-refractivity contribution in [1.82, 2.24) is 4.98 Å². The molecule has 4 nitrogen and oxygen atoms in total. The summed E-state index contributed by atoms with van der Waals surface area (Å²) in [5.74, 6) is -1.81. The predicted octanol–water partition coefficient (Wildman–Crippen LogP) is 5.95. The summed E-state index contributed by atoms with van der Waals surface area (Å²) in [4.78, 5) is 13.9. The normalized spacial score (nSPS) is 11.9. The summed E-state index contributed by atoms with van der Waals surface area (Å²) >= 11 is 0. The van der Waals surface area contributed by atoms with Crippen LogP contribution in [-0.2, 0) is 6.18 Å². The first-order valence-electron chi connectivity index (χ1n) is 8.06. The Bertz CT molecular complexity index is 1190. The van der Waals surface area contributed by atoms with Gasteiger partial charge in [0.15, 0.2) is 5.76 Å². The number of rotatable bonds is 3. The Kier molecular flexibility index (Phi) is 3.99. The Morgan fingerprint density at radius 3 is 2.29 bits per heavy atom. The van der Waals surface area contributed by atoms with E-state index in [4.69, 9.17) is 9.52 Å². The molecular weight excluding hydrogens is 378 g/mol. The van der Waals surface area contributed by atoms with E-state index in [9.17, 15) is 22.4 Å². The van der Waals surface area contributed by atoms with Gasteiger partial charge >= 0.3 is 12.1 Å². The minimum absolute atomic E-state index is 0.0546. The first kappa shape index (κ1) is 17.8. The molecule has 4 aromatic rings. The summed E-state index contributed by atoms with van der Waals surface area (Å²) < 4.78 is 58.7. The van der Waals surface area contributed by atoms with Crippen molar-refractivity contribution in [3.8, 4) is 22.7 Å². The fourth-order valence-electron chi connectivity index (χ4n) is 2.95. The van der Waals surface area contributed by atoms with Crippen LogP contribution in [-0.4, -0.2) is 16.1 Å². The average Bonchev–Trinajstić information content (AvgIpc) is 3.28. The number of nitrogens with one attached hydrogen (secondary N) is 1. The molecule has 28 heavy (non-hydrogen) atoms. The minimum atomic E-state index is -4.67. The van der Waals surface area contributed by atoms with Crippen LogP contribution in [0, 0.1) is 5.82 Å². The number of aromatic amines is 1. The number of aromatic carboxylic acids is 1. The average molecular weight is 389 g/mol. The highest BCUT2D eigenvalue weighted by Crippen LogP contribution is 2.39. The third-order valence-corrected chi connectivity index (χ3v) is 4.33. The molecule has 2 heterocycles. The molecule has 0 saturated heterocycles. The maximum absolute atomic E-state index is 14.0. The molecule has 0 aliphatic heterocycles. The molecule has 4 rings (SSSR count).